The van der Waals surface area contributed by atoms with E-state index in [1.807, 2.05) is 17.0 Å². The number of nitrogens with two attached hydrogens (primary N) is 1. The first-order chi connectivity index (χ1) is 20.3. The largest absolute Gasteiger partial charge is 0.494 e. The molecule has 0 spiro atoms. The minimum atomic E-state index is -2.55. The number of piperidine rings is 1. The number of fused-ring (bicyclic) bond motifs is 4. The van der Waals surface area contributed by atoms with Gasteiger partial charge >= 0.3 is 0 Å². The lowest BCUT2D eigenvalue weighted by atomic mass is 10.1. The van der Waals surface area contributed by atoms with Crippen molar-refractivity contribution < 1.29 is 18.6 Å². The molecule has 4 aliphatic rings. The van der Waals surface area contributed by atoms with Gasteiger partial charge in [-0.05, 0) is 74.1 Å². The molecule has 10 heteroatoms. The van der Waals surface area contributed by atoms with E-state index in [9.17, 15) is 13.9 Å². The standard InChI is InChI=1S/C32H39N5O4S/c1-41-28-14-23(32(38)36-17-22-8-9-26(36)29(22)33)12-24-30(28)37(16-20-10-11-42(39,40)18-20)31(34-24)27-13-21-4-2-3-5-25(21)35(27)15-19-6-7-19/h2-5,12-14,19-20,22,26,29,39-40H,6-11,15-18,33H2,1H3/t20?,22?,26?,29-/m1/s1. The molecule has 2 bridgehead atoms. The van der Waals surface area contributed by atoms with E-state index < -0.39 is 10.6 Å². The third kappa shape index (κ3) is 4.34. The molecule has 2 aliphatic carbocycles. The Bertz CT molecular complexity index is 1710. The summed E-state index contributed by atoms with van der Waals surface area (Å²) in [6.45, 7) is 2.25. The third-order valence-corrected chi connectivity index (χ3v) is 12.1. The number of hydrogen-bond acceptors (Lipinski definition) is 6. The van der Waals surface area contributed by atoms with Gasteiger partial charge in [0, 0.05) is 59.7 Å². The Morgan fingerprint density at radius 2 is 1.86 bits per heavy atom. The Hall–Kier alpha value is -3.05. The van der Waals surface area contributed by atoms with Crippen LogP contribution in [0.4, 0.5) is 0 Å². The summed E-state index contributed by atoms with van der Waals surface area (Å²) < 4.78 is 31.4. The molecule has 9 nitrogen and oxygen atoms in total. The van der Waals surface area contributed by atoms with Gasteiger partial charge in [0.1, 0.15) is 11.3 Å². The van der Waals surface area contributed by atoms with E-state index in [0.29, 0.717) is 53.3 Å². The Balaban J connectivity index is 1.28. The number of aromatic nitrogens is 3. The van der Waals surface area contributed by atoms with Crippen LogP contribution in [0.5, 0.6) is 5.75 Å². The minimum absolute atomic E-state index is 0.0125. The number of methoxy groups -OCH3 is 1. The van der Waals surface area contributed by atoms with Crippen molar-refractivity contribution >= 4 is 38.4 Å². The van der Waals surface area contributed by atoms with Crippen molar-refractivity contribution in [2.75, 3.05) is 25.2 Å². The van der Waals surface area contributed by atoms with Crippen LogP contribution in [0.25, 0.3) is 33.5 Å². The number of benzene rings is 2. The van der Waals surface area contributed by atoms with E-state index in [4.69, 9.17) is 15.5 Å². The second kappa shape index (κ2) is 9.74. The molecule has 4 N–H and O–H groups in total. The highest BCUT2D eigenvalue weighted by atomic mass is 32.3. The van der Waals surface area contributed by atoms with Crippen molar-refractivity contribution in [3.05, 3.63) is 48.0 Å². The molecule has 222 valence electrons. The highest BCUT2D eigenvalue weighted by Gasteiger charge is 2.47. The third-order valence-electron chi connectivity index (χ3n) is 10.2. The summed E-state index contributed by atoms with van der Waals surface area (Å²) in [6.07, 6.45) is 5.28. The van der Waals surface area contributed by atoms with E-state index in [0.717, 1.165) is 42.8 Å². The van der Waals surface area contributed by atoms with Crippen molar-refractivity contribution in [1.82, 2.24) is 19.0 Å². The second-order valence-electron chi connectivity index (χ2n) is 13.0. The summed E-state index contributed by atoms with van der Waals surface area (Å²) in [7, 11) is -0.905. The molecule has 8 rings (SSSR count). The fourth-order valence-electron chi connectivity index (χ4n) is 7.78. The Labute approximate surface area is 247 Å². The van der Waals surface area contributed by atoms with Gasteiger partial charge in [-0.1, -0.05) is 18.2 Å². The zero-order valence-electron chi connectivity index (χ0n) is 24.0. The van der Waals surface area contributed by atoms with Crippen molar-refractivity contribution in [2.45, 2.75) is 57.3 Å². The van der Waals surface area contributed by atoms with Crippen molar-refractivity contribution in [1.29, 1.82) is 0 Å². The van der Waals surface area contributed by atoms with Gasteiger partial charge in [-0.3, -0.25) is 13.9 Å². The normalized spacial score (nSPS) is 27.4. The highest BCUT2D eigenvalue weighted by Crippen LogP contribution is 2.49. The number of likely N-dealkylation sites (tertiary alicyclic amines) is 1. The van der Waals surface area contributed by atoms with Gasteiger partial charge < -0.3 is 24.5 Å². The fraction of sp³-hybridized carbons (Fsp3) is 0.500. The summed E-state index contributed by atoms with van der Waals surface area (Å²) in [5.41, 5.74) is 10.8. The molecule has 1 amide bonds. The van der Waals surface area contributed by atoms with E-state index >= 15 is 0 Å². The van der Waals surface area contributed by atoms with Crippen LogP contribution in [0, 0.1) is 17.8 Å². The first-order valence-electron chi connectivity index (χ1n) is 15.3. The lowest BCUT2D eigenvalue weighted by molar-refractivity contribution is 0.0700. The zero-order valence-corrected chi connectivity index (χ0v) is 24.8. The highest BCUT2D eigenvalue weighted by molar-refractivity contribution is 8.24. The van der Waals surface area contributed by atoms with E-state index in [1.54, 1.807) is 7.11 Å². The van der Waals surface area contributed by atoms with Gasteiger partial charge in [0.05, 0.1) is 18.3 Å². The molecule has 2 aromatic heterocycles. The average Bonchev–Trinajstić information content (AvgIpc) is 3.21. The maximum atomic E-state index is 13.8. The van der Waals surface area contributed by atoms with E-state index in [-0.39, 0.29) is 23.9 Å². The molecule has 4 aromatic rings. The van der Waals surface area contributed by atoms with Gasteiger partial charge in [-0.25, -0.2) is 4.98 Å². The number of rotatable bonds is 7. The molecule has 2 saturated carbocycles. The molecule has 3 unspecified atom stereocenters. The van der Waals surface area contributed by atoms with Crippen LogP contribution in [-0.4, -0.2) is 71.3 Å². The first kappa shape index (κ1) is 26.6. The first-order valence-corrected chi connectivity index (χ1v) is 17.1. The molecule has 42 heavy (non-hydrogen) atoms. The van der Waals surface area contributed by atoms with Gasteiger partial charge in [-0.15, -0.1) is 0 Å². The number of carbonyl (C=O) groups excluding carboxylic acids is 1. The van der Waals surface area contributed by atoms with Crippen LogP contribution in [0.1, 0.15) is 42.5 Å². The molecule has 2 aliphatic heterocycles. The monoisotopic (exact) mass is 589 g/mol. The molecule has 2 aromatic carbocycles. The van der Waals surface area contributed by atoms with E-state index in [2.05, 4.69) is 39.5 Å². The predicted octanol–water partition coefficient (Wildman–Crippen LogP) is 5.41. The smallest absolute Gasteiger partial charge is 0.254 e. The number of imidazole rings is 1. The summed E-state index contributed by atoms with van der Waals surface area (Å²) in [5.74, 6) is 3.42. The maximum Gasteiger partial charge on any atom is 0.254 e. The topological polar surface area (TPSA) is 119 Å². The number of hydrogen-bond donors (Lipinski definition) is 3. The van der Waals surface area contributed by atoms with Crippen LogP contribution in [0.2, 0.25) is 0 Å². The minimum Gasteiger partial charge on any atom is -0.494 e. The van der Waals surface area contributed by atoms with Crippen LogP contribution >= 0.6 is 10.6 Å². The quantitative estimate of drug-likeness (QED) is 0.265. The molecule has 4 fully saturated rings. The molecule has 0 radical (unpaired) electrons. The average molecular weight is 590 g/mol. The molecule has 4 atom stereocenters. The zero-order chi connectivity index (χ0) is 28.7. The lowest BCUT2D eigenvalue weighted by Crippen LogP contribution is -2.41. The number of ether oxygens (including phenoxy) is 1. The summed E-state index contributed by atoms with van der Waals surface area (Å²) in [5, 5.41) is 1.17. The molecule has 2 saturated heterocycles. The summed E-state index contributed by atoms with van der Waals surface area (Å²) >= 11 is 0. The molecular formula is C32H39N5O4S. The second-order valence-corrected chi connectivity index (χ2v) is 15.3. The fourth-order valence-corrected chi connectivity index (χ4v) is 9.69. The van der Waals surface area contributed by atoms with Crippen LogP contribution in [-0.2, 0) is 13.1 Å². The van der Waals surface area contributed by atoms with Crippen molar-refractivity contribution in [3.8, 4) is 17.3 Å². The number of carbonyl (C=O) groups is 1. The number of nitrogens with zero attached hydrogens (tertiary/aromatic N) is 4. The Morgan fingerprint density at radius 1 is 1.05 bits per heavy atom. The van der Waals surface area contributed by atoms with E-state index in [1.165, 1.54) is 23.7 Å². The SMILES string of the molecule is COc1cc(C(=O)N2CC3CCC2[C@@H]3N)cc2nc(-c3cc4ccccc4n3CC3CC3)n(CC3CCS(O)(O)C3)c12. The van der Waals surface area contributed by atoms with Crippen molar-refractivity contribution in [2.24, 2.45) is 23.5 Å². The van der Waals surface area contributed by atoms with Gasteiger partial charge in [-0.2, -0.15) is 10.6 Å². The van der Waals surface area contributed by atoms with Gasteiger partial charge in [0.15, 0.2) is 5.82 Å². The number of para-hydroxylation sites is 1. The Kier molecular flexibility index (Phi) is 6.16. The number of amides is 1. The Morgan fingerprint density at radius 3 is 2.55 bits per heavy atom. The van der Waals surface area contributed by atoms with Gasteiger partial charge in [0.25, 0.3) is 5.91 Å². The molecular weight excluding hydrogens is 550 g/mol. The molecule has 4 heterocycles. The van der Waals surface area contributed by atoms with Crippen LogP contribution in [0.15, 0.2) is 42.5 Å². The summed E-state index contributed by atoms with van der Waals surface area (Å²) in [4.78, 5) is 21.0. The van der Waals surface area contributed by atoms with Crippen LogP contribution in [0.3, 0.4) is 0 Å². The summed E-state index contributed by atoms with van der Waals surface area (Å²) in [6, 6.07) is 14.6. The van der Waals surface area contributed by atoms with Crippen molar-refractivity contribution in [3.63, 3.8) is 0 Å². The van der Waals surface area contributed by atoms with Crippen LogP contribution < -0.4 is 10.5 Å². The maximum absolute atomic E-state index is 13.8. The van der Waals surface area contributed by atoms with Gasteiger partial charge in [0.2, 0.25) is 0 Å². The lowest BCUT2D eigenvalue weighted by Gasteiger charge is -2.27. The predicted molar refractivity (Wildman–Crippen MR) is 166 cm³/mol.